The zero-order chi connectivity index (χ0) is 18.4. The van der Waals surface area contributed by atoms with E-state index in [1.165, 1.54) is 29.2 Å². The van der Waals surface area contributed by atoms with Gasteiger partial charge in [0.1, 0.15) is 0 Å². The Kier molecular flexibility index (Phi) is 6.68. The Bertz CT molecular complexity index is 587. The lowest BCUT2D eigenvalue weighted by Gasteiger charge is -2.34. The first-order valence-electron chi connectivity index (χ1n) is 8.20. The van der Waals surface area contributed by atoms with Crippen molar-refractivity contribution < 1.29 is 14.8 Å². The number of nitro groups is 1. The number of carbonyl (C=O) groups is 1. The molecular weight excluding hydrogens is 326 g/mol. The lowest BCUT2D eigenvalue weighted by atomic mass is 10.2. The number of β-amino-alcohol motifs (C(OH)–C–C–N with tert-alkyl or cyclic N) is 1. The molecule has 1 fully saturated rings. The van der Waals surface area contributed by atoms with Crippen LogP contribution in [0.3, 0.4) is 0 Å². The maximum absolute atomic E-state index is 12.2. The molecular formula is C16H25N5O4. The van der Waals surface area contributed by atoms with Gasteiger partial charge in [-0.1, -0.05) is 0 Å². The Labute approximate surface area is 147 Å². The monoisotopic (exact) mass is 351 g/mol. The molecule has 2 N–H and O–H groups in total. The predicted octanol–water partition coefficient (Wildman–Crippen LogP) is 0.667. The van der Waals surface area contributed by atoms with Crippen LogP contribution < -0.4 is 5.32 Å². The minimum absolute atomic E-state index is 0.0334. The average Bonchev–Trinajstić information content (AvgIpc) is 2.57. The summed E-state index contributed by atoms with van der Waals surface area (Å²) in [5, 5.41) is 23.5. The molecule has 0 aromatic heterocycles. The molecule has 2 rings (SSSR count). The van der Waals surface area contributed by atoms with Crippen molar-refractivity contribution in [2.45, 2.75) is 6.10 Å². The highest BCUT2D eigenvalue weighted by molar-refractivity contribution is 5.89. The third kappa shape index (κ3) is 5.96. The largest absolute Gasteiger partial charge is 0.390 e. The summed E-state index contributed by atoms with van der Waals surface area (Å²) in [6.45, 7) is 4.51. The minimum Gasteiger partial charge on any atom is -0.390 e. The number of anilines is 1. The van der Waals surface area contributed by atoms with Gasteiger partial charge in [0.15, 0.2) is 0 Å². The fourth-order valence-electron chi connectivity index (χ4n) is 2.67. The highest BCUT2D eigenvalue weighted by Crippen LogP contribution is 2.15. The summed E-state index contributed by atoms with van der Waals surface area (Å²) in [5.41, 5.74) is 0.435. The predicted molar refractivity (Wildman–Crippen MR) is 94.7 cm³/mol. The molecule has 1 unspecified atom stereocenters. The van der Waals surface area contributed by atoms with Gasteiger partial charge in [-0.05, 0) is 19.2 Å². The summed E-state index contributed by atoms with van der Waals surface area (Å²) >= 11 is 0. The number of piperazine rings is 1. The van der Waals surface area contributed by atoms with Crippen molar-refractivity contribution in [2.24, 2.45) is 0 Å². The number of benzene rings is 1. The number of nitrogens with zero attached hydrogens (tertiary/aromatic N) is 4. The first-order chi connectivity index (χ1) is 11.8. The van der Waals surface area contributed by atoms with Crippen LogP contribution in [0.4, 0.5) is 16.2 Å². The lowest BCUT2D eigenvalue weighted by Crippen LogP contribution is -2.49. The summed E-state index contributed by atoms with van der Waals surface area (Å²) < 4.78 is 0. The van der Waals surface area contributed by atoms with E-state index >= 15 is 0 Å². The molecule has 25 heavy (non-hydrogen) atoms. The van der Waals surface area contributed by atoms with Crippen LogP contribution in [-0.2, 0) is 0 Å². The third-order valence-electron chi connectivity index (χ3n) is 4.23. The number of hydrogen-bond donors (Lipinski definition) is 2. The first kappa shape index (κ1) is 19.1. The maximum Gasteiger partial charge on any atom is 0.321 e. The van der Waals surface area contributed by atoms with E-state index in [1.807, 2.05) is 0 Å². The molecule has 1 aromatic rings. The van der Waals surface area contributed by atoms with E-state index in [9.17, 15) is 20.0 Å². The Balaban J connectivity index is 1.78. The molecule has 1 aromatic carbocycles. The van der Waals surface area contributed by atoms with Crippen LogP contribution in [0.1, 0.15) is 0 Å². The Morgan fingerprint density at radius 1 is 1.32 bits per heavy atom. The molecule has 138 valence electrons. The molecule has 1 aliphatic rings. The van der Waals surface area contributed by atoms with E-state index in [2.05, 4.69) is 22.2 Å². The summed E-state index contributed by atoms with van der Waals surface area (Å²) in [7, 11) is 3.68. The fraction of sp³-hybridized carbons (Fsp3) is 0.562. The molecule has 1 saturated heterocycles. The second kappa shape index (κ2) is 8.75. The van der Waals surface area contributed by atoms with E-state index in [0.29, 0.717) is 12.2 Å². The highest BCUT2D eigenvalue weighted by atomic mass is 16.6. The quantitative estimate of drug-likeness (QED) is 0.577. The molecule has 1 heterocycles. The number of amides is 2. The number of carbonyl (C=O) groups excluding carboxylic acids is 1. The van der Waals surface area contributed by atoms with E-state index in [4.69, 9.17) is 0 Å². The van der Waals surface area contributed by atoms with Crippen molar-refractivity contribution in [3.63, 3.8) is 0 Å². The standard InChI is InChI=1S/C16H25N5O4/c1-18-7-9-20(10-8-18)12-15(22)11-19(2)16(23)17-13-3-5-14(6-4-13)21(24)25/h3-6,15,22H,7-12H2,1-2H3,(H,17,23). The maximum atomic E-state index is 12.2. The Hall–Kier alpha value is -2.23. The van der Waals surface area contributed by atoms with Crippen LogP contribution in [-0.4, -0.2) is 90.2 Å². The zero-order valence-corrected chi connectivity index (χ0v) is 14.6. The molecule has 1 atom stereocenters. The van der Waals surface area contributed by atoms with Gasteiger partial charge in [0, 0.05) is 64.1 Å². The molecule has 9 heteroatoms. The number of hydrogen-bond acceptors (Lipinski definition) is 6. The number of aliphatic hydroxyl groups excluding tert-OH is 1. The molecule has 0 aliphatic carbocycles. The summed E-state index contributed by atoms with van der Waals surface area (Å²) in [5.74, 6) is 0. The number of urea groups is 1. The minimum atomic E-state index is -0.629. The average molecular weight is 351 g/mol. The summed E-state index contributed by atoms with van der Waals surface area (Å²) in [6.07, 6.45) is -0.629. The molecule has 0 radical (unpaired) electrons. The fourth-order valence-corrected chi connectivity index (χ4v) is 2.67. The van der Waals surface area contributed by atoms with E-state index in [0.717, 1.165) is 26.2 Å². The number of likely N-dealkylation sites (N-methyl/N-ethyl adjacent to an activating group) is 2. The summed E-state index contributed by atoms with van der Waals surface area (Å²) in [4.78, 5) is 28.1. The summed E-state index contributed by atoms with van der Waals surface area (Å²) in [6, 6.07) is 5.25. The highest BCUT2D eigenvalue weighted by Gasteiger charge is 2.19. The molecule has 0 bridgehead atoms. The van der Waals surface area contributed by atoms with Crippen molar-refractivity contribution in [2.75, 3.05) is 58.7 Å². The van der Waals surface area contributed by atoms with Gasteiger partial charge in [0.05, 0.1) is 11.0 Å². The van der Waals surface area contributed by atoms with E-state index in [1.54, 1.807) is 7.05 Å². The molecule has 0 spiro atoms. The van der Waals surface area contributed by atoms with Crippen LogP contribution in [0.5, 0.6) is 0 Å². The number of non-ortho nitro benzene ring substituents is 1. The second-order valence-electron chi connectivity index (χ2n) is 6.37. The van der Waals surface area contributed by atoms with Crippen LogP contribution in [0.2, 0.25) is 0 Å². The van der Waals surface area contributed by atoms with Gasteiger partial charge in [-0.3, -0.25) is 15.0 Å². The van der Waals surface area contributed by atoms with Crippen molar-refractivity contribution in [1.82, 2.24) is 14.7 Å². The molecule has 2 amide bonds. The molecule has 9 nitrogen and oxygen atoms in total. The normalized spacial score (nSPS) is 17.1. The van der Waals surface area contributed by atoms with Gasteiger partial charge >= 0.3 is 6.03 Å². The molecule has 1 aliphatic heterocycles. The first-order valence-corrected chi connectivity index (χ1v) is 8.20. The van der Waals surface area contributed by atoms with Gasteiger partial charge in [-0.15, -0.1) is 0 Å². The topological polar surface area (TPSA) is 102 Å². The number of nitro benzene ring substituents is 1. The smallest absolute Gasteiger partial charge is 0.321 e. The third-order valence-corrected chi connectivity index (χ3v) is 4.23. The van der Waals surface area contributed by atoms with Gasteiger partial charge < -0.3 is 20.2 Å². The van der Waals surface area contributed by atoms with Gasteiger partial charge in [-0.25, -0.2) is 4.79 Å². The number of nitrogens with one attached hydrogen (secondary N) is 1. The SMILES string of the molecule is CN1CCN(CC(O)CN(C)C(=O)Nc2ccc([N+](=O)[O-])cc2)CC1. The number of rotatable bonds is 6. The molecule has 0 saturated carbocycles. The van der Waals surface area contributed by atoms with Crippen molar-refractivity contribution in [1.29, 1.82) is 0 Å². The van der Waals surface area contributed by atoms with Crippen molar-refractivity contribution in [3.8, 4) is 0 Å². The number of aliphatic hydroxyl groups is 1. The van der Waals surface area contributed by atoms with Gasteiger partial charge in [0.25, 0.3) is 5.69 Å². The Morgan fingerprint density at radius 3 is 2.48 bits per heavy atom. The van der Waals surface area contributed by atoms with Crippen LogP contribution >= 0.6 is 0 Å². The second-order valence-corrected chi connectivity index (χ2v) is 6.37. The van der Waals surface area contributed by atoms with Crippen LogP contribution in [0, 0.1) is 10.1 Å². The van der Waals surface area contributed by atoms with E-state index < -0.39 is 11.0 Å². The van der Waals surface area contributed by atoms with Crippen molar-refractivity contribution >= 4 is 17.4 Å². The van der Waals surface area contributed by atoms with Gasteiger partial charge in [-0.2, -0.15) is 0 Å². The zero-order valence-electron chi connectivity index (χ0n) is 14.6. The lowest BCUT2D eigenvalue weighted by molar-refractivity contribution is -0.384. The van der Waals surface area contributed by atoms with Crippen LogP contribution in [0.25, 0.3) is 0 Å². The van der Waals surface area contributed by atoms with Crippen LogP contribution in [0.15, 0.2) is 24.3 Å². The van der Waals surface area contributed by atoms with Gasteiger partial charge in [0.2, 0.25) is 0 Å². The van der Waals surface area contributed by atoms with E-state index in [-0.39, 0.29) is 18.3 Å². The Morgan fingerprint density at radius 2 is 1.92 bits per heavy atom. The van der Waals surface area contributed by atoms with Crippen molar-refractivity contribution in [3.05, 3.63) is 34.4 Å².